The second-order valence-corrected chi connectivity index (χ2v) is 15.0. The predicted octanol–water partition coefficient (Wildman–Crippen LogP) is 8.34. The van der Waals surface area contributed by atoms with Gasteiger partial charge >= 0.3 is 0 Å². The molecule has 4 heterocycles. The van der Waals surface area contributed by atoms with E-state index in [0.717, 1.165) is 51.1 Å². The van der Waals surface area contributed by atoms with Crippen LogP contribution in [0.4, 0.5) is 5.82 Å². The van der Waals surface area contributed by atoms with Crippen LogP contribution < -0.4 is 10.3 Å². The van der Waals surface area contributed by atoms with Gasteiger partial charge in [-0.05, 0) is 62.1 Å². The van der Waals surface area contributed by atoms with E-state index in [9.17, 15) is 13.2 Å². The fraction of sp³-hybridized carbons (Fsp3) is 0.250. The quantitative estimate of drug-likeness (QED) is 0.147. The van der Waals surface area contributed by atoms with E-state index in [1.165, 1.54) is 11.3 Å². The monoisotopic (exact) mass is 686 g/mol. The highest BCUT2D eigenvalue weighted by Gasteiger charge is 2.26. The Kier molecular flexibility index (Phi) is 9.36. The predicted molar refractivity (Wildman–Crippen MR) is 189 cm³/mol. The number of benzene rings is 2. The number of nitrogens with one attached hydrogen (secondary N) is 1. The van der Waals surface area contributed by atoms with Gasteiger partial charge in [0.15, 0.2) is 5.82 Å². The summed E-state index contributed by atoms with van der Waals surface area (Å²) in [5.74, 6) is 0.698. The third kappa shape index (κ3) is 6.76. The first-order valence-corrected chi connectivity index (χ1v) is 18.2. The Bertz CT molecular complexity index is 2260. The lowest BCUT2D eigenvalue weighted by atomic mass is 10.0. The number of sulfonamides is 1. The van der Waals surface area contributed by atoms with Crippen molar-refractivity contribution in [2.24, 2.45) is 0 Å². The topological polar surface area (TPSA) is 107 Å². The van der Waals surface area contributed by atoms with Crippen molar-refractivity contribution >= 4 is 49.7 Å². The zero-order chi connectivity index (χ0) is 33.3. The molecule has 0 fully saturated rings. The van der Waals surface area contributed by atoms with Gasteiger partial charge in [0.25, 0.3) is 15.6 Å². The Balaban J connectivity index is 1.37. The average Bonchev–Trinajstić information content (AvgIpc) is 3.63. The number of aromatic nitrogens is 3. The summed E-state index contributed by atoms with van der Waals surface area (Å²) in [6, 6.07) is 23.0. The van der Waals surface area contributed by atoms with Crippen LogP contribution in [-0.2, 0) is 35.8 Å². The van der Waals surface area contributed by atoms with Crippen LogP contribution in [0, 0.1) is 13.8 Å². The van der Waals surface area contributed by atoms with E-state index in [1.807, 2.05) is 55.5 Å². The summed E-state index contributed by atoms with van der Waals surface area (Å²) >= 11 is 8.10. The van der Waals surface area contributed by atoms with Gasteiger partial charge < -0.3 is 9.09 Å². The molecule has 0 bridgehead atoms. The molecule has 2 aromatic carbocycles. The molecule has 0 aliphatic carbocycles. The van der Waals surface area contributed by atoms with Gasteiger partial charge in [0, 0.05) is 55.9 Å². The number of aryl methyl sites for hydroxylation is 3. The zero-order valence-corrected chi connectivity index (χ0v) is 29.0. The number of hydrogen-bond donors (Lipinski definition) is 1. The van der Waals surface area contributed by atoms with Gasteiger partial charge in [-0.25, -0.2) is 8.42 Å². The van der Waals surface area contributed by atoms with Crippen LogP contribution in [-0.4, -0.2) is 23.1 Å². The molecule has 4 aromatic heterocycles. The molecule has 8 nitrogen and oxygen atoms in total. The number of anilines is 1. The number of nitrogens with zero attached hydrogens (tertiary/aromatic N) is 3. The largest absolute Gasteiger partial charge is 0.359 e. The lowest BCUT2D eigenvalue weighted by Crippen LogP contribution is -2.21. The summed E-state index contributed by atoms with van der Waals surface area (Å²) in [6.45, 7) is 7.86. The fourth-order valence-electron chi connectivity index (χ4n) is 5.63. The molecule has 1 N–H and O–H groups in total. The summed E-state index contributed by atoms with van der Waals surface area (Å²) in [6.07, 6.45) is 3.05. The second-order valence-electron chi connectivity index (χ2n) is 11.6. The molecule has 0 atom stereocenters. The zero-order valence-electron chi connectivity index (χ0n) is 26.6. The normalized spacial score (nSPS) is 11.8. The first-order chi connectivity index (χ1) is 22.6. The number of halogens is 1. The molecule has 6 rings (SSSR count). The van der Waals surface area contributed by atoms with E-state index in [1.54, 1.807) is 30.5 Å². The van der Waals surface area contributed by atoms with Gasteiger partial charge in [-0.2, -0.15) is 0 Å². The van der Waals surface area contributed by atoms with Gasteiger partial charge in [-0.1, -0.05) is 79.5 Å². The maximum absolute atomic E-state index is 13.6. The van der Waals surface area contributed by atoms with Gasteiger partial charge in [0.1, 0.15) is 9.97 Å². The Morgan fingerprint density at radius 3 is 2.43 bits per heavy atom. The van der Waals surface area contributed by atoms with Gasteiger partial charge in [0.05, 0.1) is 12.1 Å². The molecule has 242 valence electrons. The maximum Gasteiger partial charge on any atom is 0.273 e. The second kappa shape index (κ2) is 13.5. The van der Waals surface area contributed by atoms with Crippen molar-refractivity contribution in [3.8, 4) is 11.1 Å². The Morgan fingerprint density at radius 1 is 0.957 bits per heavy atom. The maximum atomic E-state index is 13.6. The van der Waals surface area contributed by atoms with Crippen LogP contribution in [0.3, 0.4) is 0 Å². The first-order valence-electron chi connectivity index (χ1n) is 15.5. The number of rotatable bonds is 11. The molecule has 0 saturated carbocycles. The van der Waals surface area contributed by atoms with E-state index in [0.29, 0.717) is 40.3 Å². The number of pyridine rings is 2. The summed E-state index contributed by atoms with van der Waals surface area (Å²) in [5, 5.41) is 5.22. The number of fused-ring (bicyclic) bond motifs is 1. The average molecular weight is 687 g/mol. The summed E-state index contributed by atoms with van der Waals surface area (Å²) in [7, 11) is -4.00. The minimum absolute atomic E-state index is 0.125. The minimum Gasteiger partial charge on any atom is -0.359 e. The van der Waals surface area contributed by atoms with Crippen molar-refractivity contribution in [2.75, 3.05) is 4.72 Å². The molecule has 11 heteroatoms. The van der Waals surface area contributed by atoms with E-state index in [4.69, 9.17) is 21.1 Å². The van der Waals surface area contributed by atoms with Crippen LogP contribution >= 0.6 is 22.9 Å². The lowest BCUT2D eigenvalue weighted by molar-refractivity contribution is 0.399. The Labute approximate surface area is 283 Å². The molecule has 0 aliphatic rings. The van der Waals surface area contributed by atoms with Crippen molar-refractivity contribution in [2.45, 2.75) is 64.1 Å². The highest BCUT2D eigenvalue weighted by atomic mass is 35.5. The molecule has 0 saturated heterocycles. The Morgan fingerprint density at radius 2 is 1.74 bits per heavy atom. The molecule has 0 amide bonds. The molecule has 47 heavy (non-hydrogen) atoms. The standard InChI is InChI=1S/C36H35ClN4O4S2/c1-5-10-32-29-15-16-34(42)41(33(29)19-26(38-32)17-24-11-8-7-9-12-24)21-25-13-14-28(31(37)18-25)30-20-27(6-2)46-36(30)47(43,44)40-35-22(3)23(4)45-39-35/h7-9,11-16,18-20H,5-6,10,17,21H2,1-4H3,(H,39,40). The number of hydrogen-bond acceptors (Lipinski definition) is 7. The van der Waals surface area contributed by atoms with Crippen LogP contribution in [0.25, 0.3) is 22.0 Å². The van der Waals surface area contributed by atoms with Crippen LogP contribution in [0.5, 0.6) is 0 Å². The first kappa shape index (κ1) is 32.7. The minimum atomic E-state index is -4.00. The smallest absolute Gasteiger partial charge is 0.273 e. The van der Waals surface area contributed by atoms with Gasteiger partial charge in [-0.3, -0.25) is 14.5 Å². The molecule has 6 aromatic rings. The SMILES string of the molecule is CCCc1nc(Cc2ccccc2)cc2c1ccc(=O)n2Cc1ccc(-c2cc(CC)sc2S(=O)(=O)Nc2noc(C)c2C)c(Cl)c1. The molecular weight excluding hydrogens is 652 g/mol. The summed E-state index contributed by atoms with van der Waals surface area (Å²) in [4.78, 5) is 19.2. The van der Waals surface area contributed by atoms with Gasteiger partial charge in [0.2, 0.25) is 0 Å². The number of thiophene rings is 1. The fourth-order valence-corrected chi connectivity index (χ4v) is 8.66. The third-order valence-electron chi connectivity index (χ3n) is 8.23. The molecule has 0 aliphatic heterocycles. The highest BCUT2D eigenvalue weighted by Crippen LogP contribution is 2.40. The van der Waals surface area contributed by atoms with Crippen LogP contribution in [0.15, 0.2) is 86.3 Å². The highest BCUT2D eigenvalue weighted by molar-refractivity contribution is 7.94. The van der Waals surface area contributed by atoms with Crippen LogP contribution in [0.1, 0.15) is 59.0 Å². The molecule has 0 spiro atoms. The van der Waals surface area contributed by atoms with Gasteiger partial charge in [-0.15, -0.1) is 11.3 Å². The molecular formula is C36H35ClN4O4S2. The van der Waals surface area contributed by atoms with Crippen molar-refractivity contribution in [1.29, 1.82) is 0 Å². The third-order valence-corrected chi connectivity index (χ3v) is 11.7. The van der Waals surface area contributed by atoms with E-state index in [-0.39, 0.29) is 22.1 Å². The van der Waals surface area contributed by atoms with Crippen molar-refractivity contribution in [3.63, 3.8) is 0 Å². The van der Waals surface area contributed by atoms with Crippen molar-refractivity contribution in [3.05, 3.63) is 127 Å². The lowest BCUT2D eigenvalue weighted by Gasteiger charge is -2.15. The van der Waals surface area contributed by atoms with E-state index < -0.39 is 10.0 Å². The van der Waals surface area contributed by atoms with Crippen molar-refractivity contribution in [1.82, 2.24) is 14.7 Å². The summed E-state index contributed by atoms with van der Waals surface area (Å²) < 4.78 is 36.9. The van der Waals surface area contributed by atoms with Crippen molar-refractivity contribution < 1.29 is 12.9 Å². The van der Waals surface area contributed by atoms with E-state index >= 15 is 0 Å². The molecule has 0 radical (unpaired) electrons. The Hall–Kier alpha value is -4.25. The molecule has 0 unspecified atom stereocenters. The van der Waals surface area contributed by atoms with E-state index in [2.05, 4.69) is 28.9 Å². The van der Waals surface area contributed by atoms with Crippen LogP contribution in [0.2, 0.25) is 5.02 Å². The summed E-state index contributed by atoms with van der Waals surface area (Å²) in [5.41, 5.74) is 6.26.